The van der Waals surface area contributed by atoms with Crippen LogP contribution in [0.3, 0.4) is 0 Å². The van der Waals surface area contributed by atoms with Crippen LogP contribution in [0.25, 0.3) is 0 Å². The second-order valence-corrected chi connectivity index (χ2v) is 4.24. The maximum Gasteiger partial charge on any atom is 0.224 e. The van der Waals surface area contributed by atoms with E-state index in [2.05, 4.69) is 0 Å². The highest BCUT2D eigenvalue weighted by atomic mass is 16.3. The van der Waals surface area contributed by atoms with E-state index in [1.54, 1.807) is 11.8 Å². The van der Waals surface area contributed by atoms with Crippen LogP contribution in [0.1, 0.15) is 32.6 Å². The molecule has 92 valence electrons. The van der Waals surface area contributed by atoms with E-state index in [0.717, 1.165) is 32.4 Å². The third kappa shape index (κ3) is 3.48. The predicted molar refractivity (Wildman–Crippen MR) is 59.5 cm³/mol. The Balaban J connectivity index is 0.000000165. The van der Waals surface area contributed by atoms with E-state index in [9.17, 15) is 9.59 Å². The second-order valence-electron chi connectivity index (χ2n) is 4.24. The lowest BCUT2D eigenvalue weighted by atomic mass is 10.4. The van der Waals surface area contributed by atoms with Crippen molar-refractivity contribution in [1.29, 1.82) is 0 Å². The molecule has 2 aliphatic rings. The first-order chi connectivity index (χ1) is 7.52. The summed E-state index contributed by atoms with van der Waals surface area (Å²) in [4.78, 5) is 24.5. The van der Waals surface area contributed by atoms with Gasteiger partial charge in [0, 0.05) is 33.0 Å². The van der Waals surface area contributed by atoms with Crippen molar-refractivity contribution in [2.45, 2.75) is 38.8 Å². The number of rotatable bonds is 1. The molecule has 0 bridgehead atoms. The van der Waals surface area contributed by atoms with Gasteiger partial charge in [0.05, 0.1) is 0 Å². The van der Waals surface area contributed by atoms with Crippen LogP contribution in [-0.4, -0.2) is 53.1 Å². The molecule has 2 heterocycles. The fourth-order valence-electron chi connectivity index (χ4n) is 1.85. The van der Waals surface area contributed by atoms with Gasteiger partial charge in [-0.1, -0.05) is 0 Å². The lowest BCUT2D eigenvalue weighted by molar-refractivity contribution is -0.135. The van der Waals surface area contributed by atoms with Crippen molar-refractivity contribution >= 4 is 11.8 Å². The molecule has 2 fully saturated rings. The summed E-state index contributed by atoms with van der Waals surface area (Å²) >= 11 is 0. The minimum atomic E-state index is -0.597. The van der Waals surface area contributed by atoms with Crippen molar-refractivity contribution in [3.8, 4) is 0 Å². The van der Waals surface area contributed by atoms with Gasteiger partial charge in [-0.15, -0.1) is 0 Å². The molecule has 2 aliphatic heterocycles. The molecular formula is C11H20N2O3. The fourth-order valence-corrected chi connectivity index (χ4v) is 1.85. The van der Waals surface area contributed by atoms with Gasteiger partial charge in [0.2, 0.25) is 11.8 Å². The summed E-state index contributed by atoms with van der Waals surface area (Å²) in [5.74, 6) is 0.366. The molecule has 1 unspecified atom stereocenters. The van der Waals surface area contributed by atoms with Crippen molar-refractivity contribution < 1.29 is 14.7 Å². The van der Waals surface area contributed by atoms with Gasteiger partial charge in [-0.3, -0.25) is 9.59 Å². The van der Waals surface area contributed by atoms with Crippen LogP contribution in [0.2, 0.25) is 0 Å². The van der Waals surface area contributed by atoms with Gasteiger partial charge in [-0.05, 0) is 19.8 Å². The van der Waals surface area contributed by atoms with E-state index in [-0.39, 0.29) is 5.91 Å². The molecule has 2 rings (SSSR count). The molecule has 5 nitrogen and oxygen atoms in total. The standard InChI is InChI=1S/C6H11NO2.C5H9NO/c1-5(8)7-4-2-3-6(7)9;1-6-4-2-3-5(6)7/h5,8H,2-4H2,1H3;2-4H2,1H3. The number of aliphatic hydroxyl groups is 1. The Morgan fingerprint density at radius 2 is 1.69 bits per heavy atom. The lowest BCUT2D eigenvalue weighted by Gasteiger charge is -2.17. The zero-order valence-electron chi connectivity index (χ0n) is 9.98. The first-order valence-corrected chi connectivity index (χ1v) is 5.74. The Labute approximate surface area is 96.0 Å². The minimum absolute atomic E-state index is 0.0741. The Kier molecular flexibility index (Phi) is 4.73. The number of hydrogen-bond donors (Lipinski definition) is 1. The second kappa shape index (κ2) is 5.84. The van der Waals surface area contributed by atoms with Gasteiger partial charge in [-0.2, -0.15) is 0 Å². The van der Waals surface area contributed by atoms with Crippen molar-refractivity contribution in [3.05, 3.63) is 0 Å². The molecule has 0 aromatic rings. The van der Waals surface area contributed by atoms with Crippen LogP contribution in [-0.2, 0) is 9.59 Å². The Bertz CT molecular complexity index is 266. The van der Waals surface area contributed by atoms with Crippen LogP contribution < -0.4 is 0 Å². The summed E-state index contributed by atoms with van der Waals surface area (Å²) in [5.41, 5.74) is 0. The lowest BCUT2D eigenvalue weighted by Crippen LogP contribution is -2.33. The number of amides is 2. The molecule has 16 heavy (non-hydrogen) atoms. The number of hydrogen-bond acceptors (Lipinski definition) is 3. The van der Waals surface area contributed by atoms with Gasteiger partial charge < -0.3 is 14.9 Å². The van der Waals surface area contributed by atoms with E-state index >= 15 is 0 Å². The van der Waals surface area contributed by atoms with Crippen LogP contribution in [0.4, 0.5) is 0 Å². The summed E-state index contributed by atoms with van der Waals surface area (Å²) < 4.78 is 0. The summed E-state index contributed by atoms with van der Waals surface area (Å²) in [6.45, 7) is 3.29. The number of carbonyl (C=O) groups excluding carboxylic acids is 2. The molecule has 0 saturated carbocycles. The number of aliphatic hydroxyl groups excluding tert-OH is 1. The van der Waals surface area contributed by atoms with Crippen molar-refractivity contribution in [2.75, 3.05) is 20.1 Å². The third-order valence-corrected chi connectivity index (χ3v) is 2.87. The van der Waals surface area contributed by atoms with E-state index in [4.69, 9.17) is 5.11 Å². The molecule has 0 aromatic carbocycles. The monoisotopic (exact) mass is 228 g/mol. The van der Waals surface area contributed by atoms with Crippen LogP contribution in [0.5, 0.6) is 0 Å². The summed E-state index contributed by atoms with van der Waals surface area (Å²) in [5, 5.41) is 8.93. The van der Waals surface area contributed by atoms with E-state index in [0.29, 0.717) is 12.3 Å². The normalized spacial score (nSPS) is 22.2. The Hall–Kier alpha value is -1.10. The molecule has 5 heteroatoms. The van der Waals surface area contributed by atoms with Crippen molar-refractivity contribution in [2.24, 2.45) is 0 Å². The quantitative estimate of drug-likeness (QED) is 0.696. The van der Waals surface area contributed by atoms with Gasteiger partial charge in [0.25, 0.3) is 0 Å². The van der Waals surface area contributed by atoms with Gasteiger partial charge in [0.1, 0.15) is 6.23 Å². The maximum atomic E-state index is 10.8. The highest BCUT2D eigenvalue weighted by Crippen LogP contribution is 2.11. The van der Waals surface area contributed by atoms with Crippen molar-refractivity contribution in [3.63, 3.8) is 0 Å². The molecule has 0 aromatic heterocycles. The molecule has 1 atom stereocenters. The number of carbonyl (C=O) groups is 2. The minimum Gasteiger partial charge on any atom is -0.374 e. The Morgan fingerprint density at radius 1 is 1.12 bits per heavy atom. The zero-order valence-corrected chi connectivity index (χ0v) is 9.98. The van der Waals surface area contributed by atoms with Gasteiger partial charge >= 0.3 is 0 Å². The van der Waals surface area contributed by atoms with Crippen LogP contribution in [0.15, 0.2) is 0 Å². The molecular weight excluding hydrogens is 208 g/mol. The molecule has 2 amide bonds. The smallest absolute Gasteiger partial charge is 0.224 e. The van der Waals surface area contributed by atoms with Crippen molar-refractivity contribution in [1.82, 2.24) is 9.80 Å². The summed E-state index contributed by atoms with van der Waals surface area (Å²) in [7, 11) is 1.84. The van der Waals surface area contributed by atoms with E-state index < -0.39 is 6.23 Å². The molecule has 2 saturated heterocycles. The Morgan fingerprint density at radius 3 is 1.88 bits per heavy atom. The molecule has 0 spiro atoms. The highest BCUT2D eigenvalue weighted by molar-refractivity contribution is 5.78. The topological polar surface area (TPSA) is 60.9 Å². The first kappa shape index (κ1) is 13.0. The molecule has 1 N–H and O–H groups in total. The SMILES string of the molecule is CC(O)N1CCCC1=O.CN1CCCC1=O. The maximum absolute atomic E-state index is 10.8. The van der Waals surface area contributed by atoms with Crippen LogP contribution >= 0.6 is 0 Å². The fraction of sp³-hybridized carbons (Fsp3) is 0.818. The third-order valence-electron chi connectivity index (χ3n) is 2.87. The zero-order chi connectivity index (χ0) is 12.1. The predicted octanol–water partition coefficient (Wildman–Crippen LogP) is 0.186. The first-order valence-electron chi connectivity index (χ1n) is 5.74. The average molecular weight is 228 g/mol. The number of nitrogens with zero attached hydrogens (tertiary/aromatic N) is 2. The van der Waals surface area contributed by atoms with E-state index in [1.807, 2.05) is 7.05 Å². The van der Waals surface area contributed by atoms with E-state index in [1.165, 1.54) is 4.90 Å². The van der Waals surface area contributed by atoms with Crippen LogP contribution in [0, 0.1) is 0 Å². The molecule has 0 aliphatic carbocycles. The number of likely N-dealkylation sites (tertiary alicyclic amines) is 2. The van der Waals surface area contributed by atoms with Gasteiger partial charge in [0.15, 0.2) is 0 Å². The average Bonchev–Trinajstić information content (AvgIpc) is 2.78. The van der Waals surface area contributed by atoms with Gasteiger partial charge in [-0.25, -0.2) is 0 Å². The summed E-state index contributed by atoms with van der Waals surface area (Å²) in [6, 6.07) is 0. The molecule has 0 radical (unpaired) electrons. The summed E-state index contributed by atoms with van der Waals surface area (Å²) in [6.07, 6.45) is 2.71. The highest BCUT2D eigenvalue weighted by Gasteiger charge is 2.22. The largest absolute Gasteiger partial charge is 0.374 e.